The molecule has 1 heterocycles. The third kappa shape index (κ3) is 1.23. The Morgan fingerprint density at radius 1 is 1.50 bits per heavy atom. The predicted octanol–water partition coefficient (Wildman–Crippen LogP) is 3.36. The number of nitrogens with zero attached hydrogens (tertiary/aromatic N) is 1. The SMILES string of the molecule is CCc1ccc(Br)c2[nH]cc(C#N)c12. The lowest BCUT2D eigenvalue weighted by Crippen LogP contribution is -1.83. The van der Waals surface area contributed by atoms with Crippen molar-refractivity contribution in [3.63, 3.8) is 0 Å². The van der Waals surface area contributed by atoms with Gasteiger partial charge in [0.25, 0.3) is 0 Å². The van der Waals surface area contributed by atoms with Crippen LogP contribution >= 0.6 is 15.9 Å². The van der Waals surface area contributed by atoms with Gasteiger partial charge in [-0.05, 0) is 34.0 Å². The van der Waals surface area contributed by atoms with E-state index in [1.54, 1.807) is 6.20 Å². The smallest absolute Gasteiger partial charge is 0.101 e. The molecule has 2 rings (SSSR count). The van der Waals surface area contributed by atoms with Crippen molar-refractivity contribution < 1.29 is 0 Å². The van der Waals surface area contributed by atoms with E-state index >= 15 is 0 Å². The molecule has 0 unspecified atom stereocenters. The number of aromatic nitrogens is 1. The lowest BCUT2D eigenvalue weighted by atomic mass is 10.1. The minimum absolute atomic E-state index is 0.721. The molecule has 70 valence electrons. The van der Waals surface area contributed by atoms with Gasteiger partial charge in [0.2, 0.25) is 0 Å². The van der Waals surface area contributed by atoms with E-state index in [9.17, 15) is 0 Å². The van der Waals surface area contributed by atoms with E-state index in [0.29, 0.717) is 0 Å². The lowest BCUT2D eigenvalue weighted by molar-refractivity contribution is 1.16. The van der Waals surface area contributed by atoms with E-state index in [2.05, 4.69) is 40.0 Å². The van der Waals surface area contributed by atoms with Crippen molar-refractivity contribution in [1.29, 1.82) is 5.26 Å². The monoisotopic (exact) mass is 248 g/mol. The zero-order valence-corrected chi connectivity index (χ0v) is 9.35. The summed E-state index contributed by atoms with van der Waals surface area (Å²) in [5, 5.41) is 10.00. The second kappa shape index (κ2) is 3.47. The van der Waals surface area contributed by atoms with Gasteiger partial charge in [-0.3, -0.25) is 0 Å². The van der Waals surface area contributed by atoms with Crippen LogP contribution in [0.2, 0.25) is 0 Å². The first-order chi connectivity index (χ1) is 6.77. The standard InChI is InChI=1S/C11H9BrN2/c1-2-7-3-4-9(12)11-10(7)8(5-13)6-14-11/h3-4,6,14H,2H2,1H3. The van der Waals surface area contributed by atoms with Crippen LogP contribution in [-0.2, 0) is 6.42 Å². The number of nitriles is 1. The molecular formula is C11H9BrN2. The molecule has 1 N–H and O–H groups in total. The molecule has 0 atom stereocenters. The van der Waals surface area contributed by atoms with Crippen molar-refractivity contribution >= 4 is 26.8 Å². The highest BCUT2D eigenvalue weighted by molar-refractivity contribution is 9.10. The quantitative estimate of drug-likeness (QED) is 0.826. The summed E-state index contributed by atoms with van der Waals surface area (Å²) in [5.74, 6) is 0. The van der Waals surface area contributed by atoms with E-state index in [1.165, 1.54) is 5.56 Å². The molecule has 0 aliphatic carbocycles. The second-order valence-corrected chi connectivity index (χ2v) is 3.98. The molecule has 0 aliphatic rings. The van der Waals surface area contributed by atoms with E-state index in [4.69, 9.17) is 5.26 Å². The normalized spacial score (nSPS) is 10.4. The van der Waals surface area contributed by atoms with Crippen molar-refractivity contribution in [1.82, 2.24) is 4.98 Å². The van der Waals surface area contributed by atoms with Gasteiger partial charge in [-0.2, -0.15) is 5.26 Å². The van der Waals surface area contributed by atoms with Gasteiger partial charge >= 0.3 is 0 Å². The molecule has 2 nitrogen and oxygen atoms in total. The molecule has 14 heavy (non-hydrogen) atoms. The number of H-pyrrole nitrogens is 1. The number of hydrogen-bond donors (Lipinski definition) is 1. The molecule has 0 radical (unpaired) electrons. The summed E-state index contributed by atoms with van der Waals surface area (Å²) in [6.45, 7) is 2.09. The van der Waals surface area contributed by atoms with Crippen molar-refractivity contribution in [3.8, 4) is 6.07 Å². The topological polar surface area (TPSA) is 39.6 Å². The molecular weight excluding hydrogens is 240 g/mol. The Hall–Kier alpha value is -1.27. The van der Waals surface area contributed by atoms with Crippen molar-refractivity contribution in [2.24, 2.45) is 0 Å². The Balaban J connectivity index is 2.90. The Morgan fingerprint density at radius 3 is 2.93 bits per heavy atom. The third-order valence-corrected chi connectivity index (χ3v) is 3.03. The van der Waals surface area contributed by atoms with Gasteiger partial charge in [0, 0.05) is 16.1 Å². The Labute approximate surface area is 90.7 Å². The van der Waals surface area contributed by atoms with Gasteiger partial charge in [0.15, 0.2) is 0 Å². The molecule has 1 aromatic heterocycles. The highest BCUT2D eigenvalue weighted by Gasteiger charge is 2.09. The Morgan fingerprint density at radius 2 is 2.29 bits per heavy atom. The highest BCUT2D eigenvalue weighted by Crippen LogP contribution is 2.28. The summed E-state index contributed by atoms with van der Waals surface area (Å²) in [5.41, 5.74) is 2.94. The number of benzene rings is 1. The van der Waals surface area contributed by atoms with E-state index < -0.39 is 0 Å². The molecule has 0 bridgehead atoms. The minimum atomic E-state index is 0.721. The number of hydrogen-bond acceptors (Lipinski definition) is 1. The van der Waals surface area contributed by atoms with Gasteiger partial charge in [-0.1, -0.05) is 13.0 Å². The lowest BCUT2D eigenvalue weighted by Gasteiger charge is -2.01. The largest absolute Gasteiger partial charge is 0.359 e. The summed E-state index contributed by atoms with van der Waals surface area (Å²) in [6, 6.07) is 6.27. The molecule has 0 spiro atoms. The van der Waals surface area contributed by atoms with Crippen LogP contribution in [0.25, 0.3) is 10.9 Å². The minimum Gasteiger partial charge on any atom is -0.359 e. The fourth-order valence-corrected chi connectivity index (χ4v) is 2.11. The van der Waals surface area contributed by atoms with Crippen LogP contribution in [0, 0.1) is 11.3 Å². The Bertz CT molecular complexity index is 520. The molecule has 0 saturated carbocycles. The van der Waals surface area contributed by atoms with Crippen molar-refractivity contribution in [3.05, 3.63) is 33.9 Å². The maximum atomic E-state index is 8.95. The molecule has 0 aliphatic heterocycles. The molecule has 0 fully saturated rings. The van der Waals surface area contributed by atoms with E-state index in [1.807, 2.05) is 6.07 Å². The second-order valence-electron chi connectivity index (χ2n) is 3.12. The predicted molar refractivity (Wildman–Crippen MR) is 60.1 cm³/mol. The summed E-state index contributed by atoms with van der Waals surface area (Å²) < 4.78 is 1.01. The third-order valence-electron chi connectivity index (χ3n) is 2.37. The van der Waals surface area contributed by atoms with Crippen LogP contribution < -0.4 is 0 Å². The van der Waals surface area contributed by atoms with Crippen LogP contribution in [0.1, 0.15) is 18.1 Å². The summed E-state index contributed by atoms with van der Waals surface area (Å²) in [6.07, 6.45) is 2.70. The zero-order valence-electron chi connectivity index (χ0n) is 7.76. The van der Waals surface area contributed by atoms with Crippen molar-refractivity contribution in [2.75, 3.05) is 0 Å². The number of nitrogens with one attached hydrogen (secondary N) is 1. The van der Waals surface area contributed by atoms with Crippen molar-refractivity contribution in [2.45, 2.75) is 13.3 Å². The van der Waals surface area contributed by atoms with Gasteiger partial charge in [-0.15, -0.1) is 0 Å². The average Bonchev–Trinajstić information content (AvgIpc) is 2.63. The average molecular weight is 249 g/mol. The summed E-state index contributed by atoms with van der Waals surface area (Å²) in [7, 11) is 0. The highest BCUT2D eigenvalue weighted by atomic mass is 79.9. The fourth-order valence-electron chi connectivity index (χ4n) is 1.67. The van der Waals surface area contributed by atoms with Gasteiger partial charge in [-0.25, -0.2) is 0 Å². The fraction of sp³-hybridized carbons (Fsp3) is 0.182. The number of halogens is 1. The maximum Gasteiger partial charge on any atom is 0.101 e. The molecule has 2 aromatic rings. The first-order valence-electron chi connectivity index (χ1n) is 4.46. The zero-order chi connectivity index (χ0) is 10.1. The summed E-state index contributed by atoms with van der Waals surface area (Å²) >= 11 is 3.46. The molecule has 0 amide bonds. The number of rotatable bonds is 1. The van der Waals surface area contributed by atoms with Gasteiger partial charge in [0.05, 0.1) is 11.1 Å². The van der Waals surface area contributed by atoms with Crippen LogP contribution in [0.5, 0.6) is 0 Å². The number of fused-ring (bicyclic) bond motifs is 1. The Kier molecular flexibility index (Phi) is 2.30. The molecule has 1 aromatic carbocycles. The van der Waals surface area contributed by atoms with Crippen LogP contribution in [0.4, 0.5) is 0 Å². The first-order valence-corrected chi connectivity index (χ1v) is 5.25. The maximum absolute atomic E-state index is 8.95. The number of aryl methyl sites for hydroxylation is 1. The van der Waals surface area contributed by atoms with Crippen LogP contribution in [0.3, 0.4) is 0 Å². The molecule has 0 saturated heterocycles. The number of aromatic amines is 1. The van der Waals surface area contributed by atoms with Gasteiger partial charge in [0.1, 0.15) is 6.07 Å². The van der Waals surface area contributed by atoms with Crippen LogP contribution in [-0.4, -0.2) is 4.98 Å². The van der Waals surface area contributed by atoms with Crippen LogP contribution in [0.15, 0.2) is 22.8 Å². The van der Waals surface area contributed by atoms with Gasteiger partial charge < -0.3 is 4.98 Å². The molecule has 3 heteroatoms. The van der Waals surface area contributed by atoms with E-state index in [-0.39, 0.29) is 0 Å². The first kappa shape index (κ1) is 9.29. The van der Waals surface area contributed by atoms with E-state index in [0.717, 1.165) is 27.4 Å². The summed E-state index contributed by atoms with van der Waals surface area (Å²) in [4.78, 5) is 3.11.